The summed E-state index contributed by atoms with van der Waals surface area (Å²) < 4.78 is 0. The van der Waals surface area contributed by atoms with Crippen molar-refractivity contribution in [2.45, 2.75) is 26.2 Å². The zero-order valence-electron chi connectivity index (χ0n) is 11.8. The van der Waals surface area contributed by atoms with Gasteiger partial charge in [0.1, 0.15) is 5.75 Å². The molecule has 1 aromatic carbocycles. The van der Waals surface area contributed by atoms with E-state index in [0.29, 0.717) is 10.9 Å². The molecule has 20 heavy (non-hydrogen) atoms. The Balaban J connectivity index is 2.51. The standard InChI is InChI=1S/C17H19NO2/c1-3-5-6-7-12(4-2)15-11-17(20)14-9-8-13(19)10-16(14)18-15/h3,5-12,19H,4H2,1-2H3,(H,18,20)/b5-3-,7-6-. The first kappa shape index (κ1) is 14.1. The zero-order chi connectivity index (χ0) is 14.5. The average molecular weight is 269 g/mol. The lowest BCUT2D eigenvalue weighted by Gasteiger charge is -2.11. The second-order valence-corrected chi connectivity index (χ2v) is 4.74. The van der Waals surface area contributed by atoms with Crippen molar-refractivity contribution in [1.82, 2.24) is 4.98 Å². The molecule has 0 fully saturated rings. The molecular formula is C17H19NO2. The van der Waals surface area contributed by atoms with Crippen LogP contribution in [0.4, 0.5) is 0 Å². The molecule has 0 amide bonds. The van der Waals surface area contributed by atoms with E-state index in [1.54, 1.807) is 18.2 Å². The summed E-state index contributed by atoms with van der Waals surface area (Å²) in [6.07, 6.45) is 8.88. The molecule has 1 unspecified atom stereocenters. The number of nitrogens with one attached hydrogen (secondary N) is 1. The Bertz CT molecular complexity index is 710. The summed E-state index contributed by atoms with van der Waals surface area (Å²) in [5.74, 6) is 0.313. The summed E-state index contributed by atoms with van der Waals surface area (Å²) in [4.78, 5) is 15.4. The number of allylic oxidation sites excluding steroid dienone is 4. The van der Waals surface area contributed by atoms with Gasteiger partial charge in [0.15, 0.2) is 5.43 Å². The summed E-state index contributed by atoms with van der Waals surface area (Å²) in [5, 5.41) is 10.1. The molecule has 1 aromatic heterocycles. The van der Waals surface area contributed by atoms with E-state index < -0.39 is 0 Å². The van der Waals surface area contributed by atoms with Gasteiger partial charge >= 0.3 is 0 Å². The van der Waals surface area contributed by atoms with Gasteiger partial charge in [-0.15, -0.1) is 0 Å². The van der Waals surface area contributed by atoms with Crippen molar-refractivity contribution in [3.05, 3.63) is 64.5 Å². The predicted molar refractivity (Wildman–Crippen MR) is 83.2 cm³/mol. The number of hydrogen-bond donors (Lipinski definition) is 2. The van der Waals surface area contributed by atoms with Crippen molar-refractivity contribution >= 4 is 10.9 Å². The van der Waals surface area contributed by atoms with Crippen LogP contribution in [0.3, 0.4) is 0 Å². The van der Waals surface area contributed by atoms with E-state index in [1.807, 2.05) is 25.2 Å². The number of aromatic nitrogens is 1. The van der Waals surface area contributed by atoms with Crippen molar-refractivity contribution in [3.8, 4) is 5.75 Å². The van der Waals surface area contributed by atoms with Gasteiger partial charge in [0, 0.05) is 29.1 Å². The number of fused-ring (bicyclic) bond motifs is 1. The molecule has 2 rings (SSSR count). The third-order valence-corrected chi connectivity index (χ3v) is 3.32. The molecule has 0 saturated carbocycles. The van der Waals surface area contributed by atoms with Gasteiger partial charge in [-0.3, -0.25) is 4.79 Å². The molecule has 104 valence electrons. The highest BCUT2D eigenvalue weighted by Crippen LogP contribution is 2.22. The zero-order valence-corrected chi connectivity index (χ0v) is 11.8. The van der Waals surface area contributed by atoms with Crippen molar-refractivity contribution in [2.24, 2.45) is 0 Å². The first-order valence-electron chi connectivity index (χ1n) is 6.81. The second kappa shape index (κ2) is 6.24. The van der Waals surface area contributed by atoms with Crippen molar-refractivity contribution < 1.29 is 5.11 Å². The number of aromatic amines is 1. The maximum Gasteiger partial charge on any atom is 0.189 e. The van der Waals surface area contributed by atoms with E-state index >= 15 is 0 Å². The Kier molecular flexibility index (Phi) is 4.41. The third-order valence-electron chi connectivity index (χ3n) is 3.32. The SMILES string of the molecule is C/C=C\C=C/C(CC)c1cc(=O)c2ccc(O)cc2[nH]1. The molecule has 0 radical (unpaired) electrons. The molecule has 0 bridgehead atoms. The largest absolute Gasteiger partial charge is 0.508 e. The molecule has 3 nitrogen and oxygen atoms in total. The number of phenolic OH excluding ortho intramolecular Hbond substituents is 1. The summed E-state index contributed by atoms with van der Waals surface area (Å²) in [6, 6.07) is 6.40. The summed E-state index contributed by atoms with van der Waals surface area (Å²) in [7, 11) is 0. The lowest BCUT2D eigenvalue weighted by atomic mass is 10.00. The number of H-pyrrole nitrogens is 1. The molecule has 1 heterocycles. The van der Waals surface area contributed by atoms with Crippen LogP contribution in [0.15, 0.2) is 53.4 Å². The molecular weight excluding hydrogens is 250 g/mol. The molecule has 0 aliphatic rings. The van der Waals surface area contributed by atoms with Crippen molar-refractivity contribution in [1.29, 1.82) is 0 Å². The fraction of sp³-hybridized carbons (Fsp3) is 0.235. The van der Waals surface area contributed by atoms with E-state index in [0.717, 1.165) is 12.1 Å². The van der Waals surface area contributed by atoms with Crippen LogP contribution in [-0.2, 0) is 0 Å². The lowest BCUT2D eigenvalue weighted by Crippen LogP contribution is -2.07. The Morgan fingerprint density at radius 1 is 1.30 bits per heavy atom. The molecule has 2 N–H and O–H groups in total. The van der Waals surface area contributed by atoms with E-state index in [2.05, 4.69) is 18.0 Å². The maximum absolute atomic E-state index is 12.1. The Morgan fingerprint density at radius 3 is 2.80 bits per heavy atom. The molecule has 0 spiro atoms. The van der Waals surface area contributed by atoms with E-state index in [-0.39, 0.29) is 17.1 Å². The lowest BCUT2D eigenvalue weighted by molar-refractivity contribution is 0.476. The van der Waals surface area contributed by atoms with Crippen LogP contribution in [-0.4, -0.2) is 10.1 Å². The van der Waals surface area contributed by atoms with Gasteiger partial charge in [0.25, 0.3) is 0 Å². The Hall–Kier alpha value is -2.29. The van der Waals surface area contributed by atoms with Crippen molar-refractivity contribution in [3.63, 3.8) is 0 Å². The number of benzene rings is 1. The monoisotopic (exact) mass is 269 g/mol. The van der Waals surface area contributed by atoms with Gasteiger partial charge in [-0.1, -0.05) is 31.2 Å². The van der Waals surface area contributed by atoms with E-state index in [1.165, 1.54) is 6.07 Å². The highest BCUT2D eigenvalue weighted by Gasteiger charge is 2.09. The molecule has 0 aliphatic heterocycles. The third kappa shape index (κ3) is 2.99. The fourth-order valence-electron chi connectivity index (χ4n) is 2.23. The topological polar surface area (TPSA) is 53.1 Å². The molecule has 0 saturated heterocycles. The maximum atomic E-state index is 12.1. The quantitative estimate of drug-likeness (QED) is 0.828. The minimum Gasteiger partial charge on any atom is -0.508 e. The molecule has 3 heteroatoms. The van der Waals surface area contributed by atoms with Gasteiger partial charge < -0.3 is 10.1 Å². The Labute approximate surface area is 118 Å². The number of aromatic hydroxyl groups is 1. The van der Waals surface area contributed by atoms with Crippen LogP contribution in [0.1, 0.15) is 31.9 Å². The van der Waals surface area contributed by atoms with Crippen LogP contribution in [0.25, 0.3) is 10.9 Å². The van der Waals surface area contributed by atoms with Crippen molar-refractivity contribution in [2.75, 3.05) is 0 Å². The number of phenols is 1. The van der Waals surface area contributed by atoms with Gasteiger partial charge in [-0.2, -0.15) is 0 Å². The highest BCUT2D eigenvalue weighted by molar-refractivity contribution is 5.80. The van der Waals surface area contributed by atoms with Gasteiger partial charge in [0.2, 0.25) is 0 Å². The summed E-state index contributed by atoms with van der Waals surface area (Å²) in [6.45, 7) is 4.04. The average Bonchev–Trinajstić information content (AvgIpc) is 2.43. The first-order chi connectivity index (χ1) is 9.65. The second-order valence-electron chi connectivity index (χ2n) is 4.74. The molecule has 0 aliphatic carbocycles. The van der Waals surface area contributed by atoms with Crippen LogP contribution < -0.4 is 5.43 Å². The fourth-order valence-corrected chi connectivity index (χ4v) is 2.23. The summed E-state index contributed by atoms with van der Waals surface area (Å²) in [5.41, 5.74) is 1.52. The van der Waals surface area contributed by atoms with Gasteiger partial charge in [-0.05, 0) is 25.5 Å². The molecule has 2 aromatic rings. The van der Waals surface area contributed by atoms with Crippen LogP contribution in [0, 0.1) is 0 Å². The van der Waals surface area contributed by atoms with Crippen LogP contribution in [0.5, 0.6) is 5.75 Å². The Morgan fingerprint density at radius 2 is 2.10 bits per heavy atom. The minimum atomic E-state index is -0.0216. The number of rotatable bonds is 4. The smallest absolute Gasteiger partial charge is 0.189 e. The van der Waals surface area contributed by atoms with E-state index in [9.17, 15) is 9.90 Å². The summed E-state index contributed by atoms with van der Waals surface area (Å²) >= 11 is 0. The minimum absolute atomic E-state index is 0.0216. The van der Waals surface area contributed by atoms with E-state index in [4.69, 9.17) is 0 Å². The number of pyridine rings is 1. The normalized spacial score (nSPS) is 13.5. The predicted octanol–water partition coefficient (Wildman–Crippen LogP) is 3.86. The highest BCUT2D eigenvalue weighted by atomic mass is 16.3. The van der Waals surface area contributed by atoms with Gasteiger partial charge in [-0.25, -0.2) is 0 Å². The van der Waals surface area contributed by atoms with Gasteiger partial charge in [0.05, 0.1) is 5.52 Å². The number of hydrogen-bond acceptors (Lipinski definition) is 2. The van der Waals surface area contributed by atoms with Crippen LogP contribution >= 0.6 is 0 Å². The first-order valence-corrected chi connectivity index (χ1v) is 6.81. The molecule has 1 atom stereocenters. The van der Waals surface area contributed by atoms with Crippen LogP contribution in [0.2, 0.25) is 0 Å².